The van der Waals surface area contributed by atoms with E-state index in [0.717, 1.165) is 19.3 Å². The summed E-state index contributed by atoms with van der Waals surface area (Å²) in [6, 6.07) is 0. The van der Waals surface area contributed by atoms with Crippen molar-refractivity contribution in [2.45, 2.75) is 37.3 Å². The van der Waals surface area contributed by atoms with E-state index in [1.807, 2.05) is 31.2 Å². The van der Waals surface area contributed by atoms with Crippen LogP contribution in [-0.2, 0) is 10.3 Å². The number of halogens is 1. The van der Waals surface area contributed by atoms with Crippen LogP contribution in [0.5, 0.6) is 0 Å². The summed E-state index contributed by atoms with van der Waals surface area (Å²) in [7, 11) is 0. The second-order valence-corrected chi connectivity index (χ2v) is 6.28. The standard InChI is InChI=1S/C15H21N5O.ClH/c1-14(17)7-4-6-12(14)15(20-18-9-10-19-20)8-3-2-5-11(15)13(16)21;/h2-3,5,8-12H,4,6-7,17H2,1H3,(H2,16,21);1H. The normalized spacial score (nSPS) is 37.0. The highest BCUT2D eigenvalue weighted by Crippen LogP contribution is 2.49. The van der Waals surface area contributed by atoms with Crippen LogP contribution in [0.15, 0.2) is 36.7 Å². The predicted octanol–water partition coefficient (Wildman–Crippen LogP) is 1.14. The van der Waals surface area contributed by atoms with Gasteiger partial charge in [0.1, 0.15) is 5.54 Å². The molecule has 2 aliphatic carbocycles. The molecule has 6 nitrogen and oxygen atoms in total. The summed E-state index contributed by atoms with van der Waals surface area (Å²) in [5.74, 6) is -0.826. The number of amides is 1. The summed E-state index contributed by atoms with van der Waals surface area (Å²) in [5.41, 5.74) is 11.1. The number of allylic oxidation sites excluding steroid dienone is 3. The maximum atomic E-state index is 12.1. The summed E-state index contributed by atoms with van der Waals surface area (Å²) in [4.78, 5) is 13.7. The van der Waals surface area contributed by atoms with Crippen molar-refractivity contribution in [1.29, 1.82) is 0 Å². The van der Waals surface area contributed by atoms with E-state index >= 15 is 0 Å². The first-order valence-corrected chi connectivity index (χ1v) is 7.29. The summed E-state index contributed by atoms with van der Waals surface area (Å²) in [5, 5.41) is 8.62. The van der Waals surface area contributed by atoms with Crippen LogP contribution in [0.25, 0.3) is 0 Å². The van der Waals surface area contributed by atoms with Gasteiger partial charge in [-0.3, -0.25) is 4.79 Å². The second kappa shape index (κ2) is 5.85. The maximum absolute atomic E-state index is 12.1. The maximum Gasteiger partial charge on any atom is 0.227 e. The van der Waals surface area contributed by atoms with Gasteiger partial charge >= 0.3 is 0 Å². The molecule has 0 bridgehead atoms. The molecular formula is C15H22ClN5O. The molecule has 1 heterocycles. The van der Waals surface area contributed by atoms with E-state index in [4.69, 9.17) is 11.5 Å². The van der Waals surface area contributed by atoms with E-state index in [1.165, 1.54) is 0 Å². The van der Waals surface area contributed by atoms with E-state index in [2.05, 4.69) is 10.2 Å². The average molecular weight is 324 g/mol. The van der Waals surface area contributed by atoms with Crippen LogP contribution >= 0.6 is 12.4 Å². The Hall–Kier alpha value is -1.66. The lowest BCUT2D eigenvalue weighted by Crippen LogP contribution is -2.59. The molecule has 3 rings (SSSR count). The first-order valence-electron chi connectivity index (χ1n) is 7.29. The van der Waals surface area contributed by atoms with Crippen LogP contribution in [0, 0.1) is 11.8 Å². The third kappa shape index (κ3) is 2.36. The Balaban J connectivity index is 0.00000176. The van der Waals surface area contributed by atoms with Gasteiger partial charge < -0.3 is 11.5 Å². The molecule has 4 N–H and O–H groups in total. The quantitative estimate of drug-likeness (QED) is 0.871. The third-order valence-corrected chi connectivity index (χ3v) is 4.91. The average Bonchev–Trinajstić information content (AvgIpc) is 3.07. The molecule has 0 radical (unpaired) electrons. The zero-order valence-corrected chi connectivity index (χ0v) is 13.4. The molecule has 120 valence electrons. The zero-order valence-electron chi connectivity index (χ0n) is 12.6. The minimum absolute atomic E-state index is 0. The molecule has 1 fully saturated rings. The van der Waals surface area contributed by atoms with Crippen molar-refractivity contribution in [3.63, 3.8) is 0 Å². The van der Waals surface area contributed by atoms with Gasteiger partial charge in [0.25, 0.3) is 0 Å². The van der Waals surface area contributed by atoms with Crippen LogP contribution in [0.1, 0.15) is 26.2 Å². The highest BCUT2D eigenvalue weighted by atomic mass is 35.5. The molecule has 22 heavy (non-hydrogen) atoms. The SMILES string of the molecule is CC1(N)CCCC1C1(n2nccn2)C=CC=CC1C(N)=O.Cl. The molecule has 0 aromatic carbocycles. The number of hydrogen-bond donors (Lipinski definition) is 2. The monoisotopic (exact) mass is 323 g/mol. The third-order valence-electron chi connectivity index (χ3n) is 4.91. The molecule has 1 aromatic rings. The fraction of sp³-hybridized carbons (Fsp3) is 0.533. The second-order valence-electron chi connectivity index (χ2n) is 6.28. The highest BCUT2D eigenvalue weighted by molar-refractivity contribution is 5.85. The lowest BCUT2D eigenvalue weighted by atomic mass is 9.66. The Morgan fingerprint density at radius 3 is 2.55 bits per heavy atom. The Bertz CT molecular complexity index is 595. The van der Waals surface area contributed by atoms with Gasteiger partial charge in [0.2, 0.25) is 5.91 Å². The van der Waals surface area contributed by atoms with E-state index in [1.54, 1.807) is 17.2 Å². The van der Waals surface area contributed by atoms with Gasteiger partial charge in [-0.05, 0) is 19.8 Å². The van der Waals surface area contributed by atoms with Crippen molar-refractivity contribution in [2.24, 2.45) is 23.3 Å². The molecule has 0 saturated heterocycles. The molecular weight excluding hydrogens is 302 g/mol. The Morgan fingerprint density at radius 2 is 2.00 bits per heavy atom. The smallest absolute Gasteiger partial charge is 0.227 e. The largest absolute Gasteiger partial charge is 0.369 e. The van der Waals surface area contributed by atoms with Crippen LogP contribution in [0.3, 0.4) is 0 Å². The molecule has 4 unspecified atom stereocenters. The summed E-state index contributed by atoms with van der Waals surface area (Å²) in [6.45, 7) is 2.04. The Morgan fingerprint density at radius 1 is 1.32 bits per heavy atom. The predicted molar refractivity (Wildman–Crippen MR) is 86.1 cm³/mol. The van der Waals surface area contributed by atoms with E-state index in [0.29, 0.717) is 0 Å². The number of hydrogen-bond acceptors (Lipinski definition) is 4. The van der Waals surface area contributed by atoms with Crippen LogP contribution in [0.2, 0.25) is 0 Å². The highest BCUT2D eigenvalue weighted by Gasteiger charge is 2.56. The van der Waals surface area contributed by atoms with Crippen molar-refractivity contribution < 1.29 is 4.79 Å². The minimum atomic E-state index is -0.718. The summed E-state index contributed by atoms with van der Waals surface area (Å²) in [6.07, 6.45) is 13.7. The fourth-order valence-corrected chi connectivity index (χ4v) is 4.00. The molecule has 1 saturated carbocycles. The molecule has 7 heteroatoms. The zero-order chi connectivity index (χ0) is 15.1. The number of primary amides is 1. The first-order chi connectivity index (χ1) is 9.98. The van der Waals surface area contributed by atoms with E-state index in [9.17, 15) is 4.79 Å². The summed E-state index contributed by atoms with van der Waals surface area (Å²) >= 11 is 0. The fourth-order valence-electron chi connectivity index (χ4n) is 4.00. The molecule has 0 aliphatic heterocycles. The number of nitrogens with two attached hydrogens (primary N) is 2. The molecule has 1 aromatic heterocycles. The van der Waals surface area contributed by atoms with Crippen molar-refractivity contribution >= 4 is 18.3 Å². The van der Waals surface area contributed by atoms with Crippen molar-refractivity contribution in [3.8, 4) is 0 Å². The van der Waals surface area contributed by atoms with Gasteiger partial charge in [-0.2, -0.15) is 15.0 Å². The lowest BCUT2D eigenvalue weighted by Gasteiger charge is -2.45. The van der Waals surface area contributed by atoms with E-state index in [-0.39, 0.29) is 29.8 Å². The van der Waals surface area contributed by atoms with Gasteiger partial charge in [0.15, 0.2) is 0 Å². The van der Waals surface area contributed by atoms with Crippen molar-refractivity contribution in [1.82, 2.24) is 15.0 Å². The van der Waals surface area contributed by atoms with Crippen molar-refractivity contribution in [2.75, 3.05) is 0 Å². The molecule has 2 aliphatic rings. The van der Waals surface area contributed by atoms with Gasteiger partial charge in [-0.1, -0.05) is 30.7 Å². The van der Waals surface area contributed by atoms with Crippen LogP contribution in [0.4, 0.5) is 0 Å². The van der Waals surface area contributed by atoms with Gasteiger partial charge in [-0.15, -0.1) is 12.4 Å². The van der Waals surface area contributed by atoms with Gasteiger partial charge in [0, 0.05) is 11.5 Å². The molecule has 4 atom stereocenters. The summed E-state index contributed by atoms with van der Waals surface area (Å²) < 4.78 is 0. The van der Waals surface area contributed by atoms with Crippen LogP contribution < -0.4 is 11.5 Å². The van der Waals surface area contributed by atoms with Gasteiger partial charge in [0.05, 0.1) is 18.3 Å². The number of carbonyl (C=O) groups excluding carboxylic acids is 1. The first kappa shape index (κ1) is 16.7. The van der Waals surface area contributed by atoms with E-state index < -0.39 is 11.5 Å². The Labute approximate surface area is 136 Å². The topological polar surface area (TPSA) is 99.8 Å². The molecule has 0 spiro atoms. The lowest BCUT2D eigenvalue weighted by molar-refractivity contribution is -0.124. The van der Waals surface area contributed by atoms with Gasteiger partial charge in [-0.25, -0.2) is 0 Å². The number of aromatic nitrogens is 3. The minimum Gasteiger partial charge on any atom is -0.369 e. The number of carbonyl (C=O) groups is 1. The Kier molecular flexibility index (Phi) is 4.44. The number of nitrogens with zero attached hydrogens (tertiary/aromatic N) is 3. The van der Waals surface area contributed by atoms with Crippen LogP contribution in [-0.4, -0.2) is 26.4 Å². The van der Waals surface area contributed by atoms with Crippen molar-refractivity contribution in [3.05, 3.63) is 36.7 Å². The number of rotatable bonds is 3. The molecule has 1 amide bonds.